The molecular weight excluding hydrogens is 290 g/mol. The summed E-state index contributed by atoms with van der Waals surface area (Å²) < 4.78 is 0. The summed E-state index contributed by atoms with van der Waals surface area (Å²) in [7, 11) is 0. The molecule has 1 atom stereocenters. The van der Waals surface area contributed by atoms with Crippen LogP contribution < -0.4 is 10.4 Å². The Morgan fingerprint density at radius 3 is 2.70 bits per heavy atom. The molecule has 4 heterocycles. The number of amides is 1. The first-order chi connectivity index (χ1) is 11.0. The third-order valence-corrected chi connectivity index (χ3v) is 5.59. The number of carbonyl (C=O) groups is 1. The summed E-state index contributed by atoms with van der Waals surface area (Å²) in [6.45, 7) is 8.36. The Morgan fingerprint density at radius 1 is 1.26 bits per heavy atom. The van der Waals surface area contributed by atoms with Crippen molar-refractivity contribution in [3.63, 3.8) is 0 Å². The highest BCUT2D eigenvalue weighted by molar-refractivity contribution is 5.71. The molecule has 0 aromatic heterocycles. The van der Waals surface area contributed by atoms with Gasteiger partial charge in [0.2, 0.25) is 0 Å². The van der Waals surface area contributed by atoms with Crippen molar-refractivity contribution in [2.75, 3.05) is 31.2 Å². The van der Waals surface area contributed by atoms with Gasteiger partial charge in [0.1, 0.15) is 0 Å². The Morgan fingerprint density at radius 2 is 2.00 bits per heavy atom. The highest BCUT2D eigenvalue weighted by atomic mass is 16.7. The Kier molecular flexibility index (Phi) is 3.48. The third kappa shape index (κ3) is 2.67. The molecule has 4 aliphatic rings. The van der Waals surface area contributed by atoms with Crippen LogP contribution in [0.4, 0.5) is 10.5 Å². The fraction of sp³-hybridized carbons (Fsp3) is 0.611. The molecule has 23 heavy (non-hydrogen) atoms. The molecule has 3 saturated heterocycles. The molecule has 1 aromatic carbocycles. The van der Waals surface area contributed by atoms with E-state index in [1.807, 2.05) is 18.2 Å². The fourth-order valence-corrected chi connectivity index (χ4v) is 4.28. The second kappa shape index (κ2) is 5.41. The first-order valence-corrected chi connectivity index (χ1v) is 8.61. The van der Waals surface area contributed by atoms with Gasteiger partial charge in [-0.05, 0) is 43.5 Å². The Bertz CT molecular complexity index is 608. The monoisotopic (exact) mass is 315 g/mol. The zero-order valence-corrected chi connectivity index (χ0v) is 13.9. The summed E-state index contributed by atoms with van der Waals surface area (Å²) in [5, 5.41) is 4.83. The smallest absolute Gasteiger partial charge is 0.322 e. The van der Waals surface area contributed by atoms with E-state index in [0.29, 0.717) is 12.5 Å². The number of benzene rings is 1. The highest BCUT2D eigenvalue weighted by Crippen LogP contribution is 2.40. The van der Waals surface area contributed by atoms with E-state index >= 15 is 0 Å². The van der Waals surface area contributed by atoms with Crippen LogP contribution in [0.3, 0.4) is 0 Å². The Balaban J connectivity index is 1.42. The molecule has 1 N–H and O–H groups in total. The number of nitrogens with zero attached hydrogens (tertiary/aromatic N) is 2. The average molecular weight is 315 g/mol. The van der Waals surface area contributed by atoms with Crippen molar-refractivity contribution in [3.8, 4) is 0 Å². The minimum absolute atomic E-state index is 0.00746. The van der Waals surface area contributed by atoms with Gasteiger partial charge in [-0.25, -0.2) is 9.86 Å². The fourth-order valence-electron chi connectivity index (χ4n) is 4.28. The van der Waals surface area contributed by atoms with Crippen molar-refractivity contribution in [1.82, 2.24) is 10.2 Å². The van der Waals surface area contributed by atoms with Crippen molar-refractivity contribution < 1.29 is 9.63 Å². The molecule has 0 saturated carbocycles. The van der Waals surface area contributed by atoms with Crippen molar-refractivity contribution >= 4 is 11.8 Å². The van der Waals surface area contributed by atoms with Gasteiger partial charge in [-0.2, -0.15) is 0 Å². The van der Waals surface area contributed by atoms with Gasteiger partial charge >= 0.3 is 6.09 Å². The van der Waals surface area contributed by atoms with Crippen LogP contribution >= 0.6 is 0 Å². The maximum atomic E-state index is 12.4. The summed E-state index contributed by atoms with van der Waals surface area (Å²) in [6, 6.07) is 8.39. The van der Waals surface area contributed by atoms with Gasteiger partial charge in [0.05, 0.1) is 12.2 Å². The summed E-state index contributed by atoms with van der Waals surface area (Å²) in [5.41, 5.74) is 2.23. The molecule has 5 heteroatoms. The average Bonchev–Trinajstić information content (AvgIpc) is 2.80. The molecule has 3 fully saturated rings. The van der Waals surface area contributed by atoms with Crippen LogP contribution in [0, 0.1) is 5.92 Å². The van der Waals surface area contributed by atoms with E-state index in [4.69, 9.17) is 4.84 Å². The molecule has 124 valence electrons. The van der Waals surface area contributed by atoms with Gasteiger partial charge < -0.3 is 15.1 Å². The van der Waals surface area contributed by atoms with Crippen LogP contribution in [-0.4, -0.2) is 43.2 Å². The summed E-state index contributed by atoms with van der Waals surface area (Å²) in [6.07, 6.45) is 2.05. The third-order valence-electron chi connectivity index (χ3n) is 5.59. The summed E-state index contributed by atoms with van der Waals surface area (Å²) >= 11 is 0. The Labute approximate surface area is 137 Å². The van der Waals surface area contributed by atoms with Crippen LogP contribution in [0.25, 0.3) is 0 Å². The van der Waals surface area contributed by atoms with Gasteiger partial charge in [0.25, 0.3) is 0 Å². The number of para-hydroxylation sites is 1. The van der Waals surface area contributed by atoms with Gasteiger partial charge in [-0.15, -0.1) is 0 Å². The second-order valence-corrected chi connectivity index (χ2v) is 7.71. The summed E-state index contributed by atoms with van der Waals surface area (Å²) in [5.74, 6) is 0.606. The molecular formula is C18H25N3O2. The van der Waals surface area contributed by atoms with Crippen LogP contribution in [0.2, 0.25) is 0 Å². The number of carbonyl (C=O) groups excluding carboxylic acids is 1. The lowest BCUT2D eigenvalue weighted by Gasteiger charge is -2.44. The molecule has 0 radical (unpaired) electrons. The molecule has 2 bridgehead atoms. The molecule has 5 rings (SSSR count). The largest absolute Gasteiger partial charge is 0.431 e. The maximum Gasteiger partial charge on any atom is 0.431 e. The first-order valence-electron chi connectivity index (χ1n) is 8.61. The van der Waals surface area contributed by atoms with E-state index < -0.39 is 0 Å². The Hall–Kier alpha value is -1.75. The van der Waals surface area contributed by atoms with E-state index in [-0.39, 0.29) is 17.6 Å². The van der Waals surface area contributed by atoms with Gasteiger partial charge in [-0.1, -0.05) is 32.0 Å². The molecule has 0 spiro atoms. The zero-order valence-electron chi connectivity index (χ0n) is 13.9. The number of nitrogens with one attached hydrogen (secondary N) is 1. The lowest BCUT2D eigenvalue weighted by molar-refractivity contribution is 0.0630. The van der Waals surface area contributed by atoms with Crippen LogP contribution in [0.15, 0.2) is 24.3 Å². The van der Waals surface area contributed by atoms with E-state index in [1.165, 1.54) is 31.5 Å². The quantitative estimate of drug-likeness (QED) is 0.911. The van der Waals surface area contributed by atoms with Gasteiger partial charge in [0, 0.05) is 18.0 Å². The topological polar surface area (TPSA) is 44.8 Å². The number of hydrogen-bond acceptors (Lipinski definition) is 4. The van der Waals surface area contributed by atoms with Crippen molar-refractivity contribution in [3.05, 3.63) is 29.8 Å². The maximum absolute atomic E-state index is 12.4. The minimum Gasteiger partial charge on any atom is -0.322 e. The number of hydroxylamine groups is 1. The van der Waals surface area contributed by atoms with Crippen molar-refractivity contribution in [2.45, 2.75) is 38.1 Å². The number of hydrogen-bond donors (Lipinski definition) is 1. The van der Waals surface area contributed by atoms with E-state index in [0.717, 1.165) is 12.2 Å². The number of anilines is 1. The highest BCUT2D eigenvalue weighted by Gasteiger charge is 2.38. The standard InChI is InChI=1S/C18H25N3O2/c1-18(2)12-21(16-6-4-3-5-14(16)18)23-17(22)19-15-11-20-9-7-13(15)8-10-20/h3-6,13,15H,7-12H2,1-2H3,(H,19,22). The molecule has 4 aliphatic heterocycles. The lowest BCUT2D eigenvalue weighted by atomic mass is 9.84. The van der Waals surface area contributed by atoms with Crippen LogP contribution in [0.1, 0.15) is 32.3 Å². The predicted octanol–water partition coefficient (Wildman–Crippen LogP) is 2.52. The number of fused-ring (bicyclic) bond motifs is 4. The lowest BCUT2D eigenvalue weighted by Crippen LogP contribution is -2.57. The molecule has 1 unspecified atom stereocenters. The molecule has 0 aliphatic carbocycles. The van der Waals surface area contributed by atoms with Gasteiger partial charge in [0.15, 0.2) is 0 Å². The number of rotatable bonds is 2. The molecule has 1 amide bonds. The van der Waals surface area contributed by atoms with Crippen LogP contribution in [-0.2, 0) is 10.3 Å². The number of piperidine rings is 3. The predicted molar refractivity (Wildman–Crippen MR) is 89.4 cm³/mol. The van der Waals surface area contributed by atoms with Crippen molar-refractivity contribution in [1.29, 1.82) is 0 Å². The molecule has 5 nitrogen and oxygen atoms in total. The first kappa shape index (κ1) is 14.8. The summed E-state index contributed by atoms with van der Waals surface area (Å²) in [4.78, 5) is 20.4. The van der Waals surface area contributed by atoms with E-state index in [1.54, 1.807) is 5.06 Å². The van der Waals surface area contributed by atoms with E-state index in [2.05, 4.69) is 30.1 Å². The SMILES string of the molecule is CC1(C)CN(OC(=O)NC2CN3CCC2CC3)c2ccccc21. The normalized spacial score (nSPS) is 30.9. The minimum atomic E-state index is -0.323. The second-order valence-electron chi connectivity index (χ2n) is 7.71. The van der Waals surface area contributed by atoms with Crippen molar-refractivity contribution in [2.24, 2.45) is 5.92 Å². The van der Waals surface area contributed by atoms with E-state index in [9.17, 15) is 4.79 Å². The molecule has 1 aromatic rings. The van der Waals surface area contributed by atoms with Gasteiger partial charge in [-0.3, -0.25) is 0 Å². The van der Waals surface area contributed by atoms with Crippen LogP contribution in [0.5, 0.6) is 0 Å². The zero-order chi connectivity index (χ0) is 16.0.